The fourth-order valence-corrected chi connectivity index (χ4v) is 2.69. The second kappa shape index (κ2) is 4.91. The number of hydrogen-bond donors (Lipinski definition) is 0. The van der Waals surface area contributed by atoms with Crippen molar-refractivity contribution in [3.63, 3.8) is 0 Å². The van der Waals surface area contributed by atoms with Gasteiger partial charge >= 0.3 is 0 Å². The average molecular weight is 270 g/mol. The first-order chi connectivity index (χ1) is 10.4. The lowest BCUT2D eigenvalue weighted by Gasteiger charge is -2.07. The molecule has 2 nitrogen and oxygen atoms in total. The van der Waals surface area contributed by atoms with Crippen LogP contribution in [0.15, 0.2) is 85.5 Å². The van der Waals surface area contributed by atoms with Crippen molar-refractivity contribution in [3.8, 4) is 22.3 Å². The number of hydrogen-bond acceptors (Lipinski definition) is 1. The van der Waals surface area contributed by atoms with Gasteiger partial charge in [-0.2, -0.15) is 0 Å². The van der Waals surface area contributed by atoms with Crippen LogP contribution >= 0.6 is 0 Å². The number of pyridine rings is 1. The molecule has 21 heavy (non-hydrogen) atoms. The van der Waals surface area contributed by atoms with E-state index in [1.54, 1.807) is 0 Å². The maximum Gasteiger partial charge on any atom is 0.0992 e. The number of aromatic nitrogens is 2. The minimum Gasteiger partial charge on any atom is -0.306 e. The van der Waals surface area contributed by atoms with E-state index >= 15 is 0 Å². The Morgan fingerprint density at radius 2 is 1.52 bits per heavy atom. The SMILES string of the molecule is c1ccc(-c2cccc(-c3cccn4cncc34)c2)cc1. The summed E-state index contributed by atoms with van der Waals surface area (Å²) in [6.45, 7) is 0. The summed E-state index contributed by atoms with van der Waals surface area (Å²) in [6.07, 6.45) is 5.76. The number of nitrogens with zero attached hydrogens (tertiary/aromatic N) is 2. The molecule has 2 aromatic carbocycles. The van der Waals surface area contributed by atoms with Gasteiger partial charge in [0.2, 0.25) is 0 Å². The second-order valence-corrected chi connectivity index (χ2v) is 5.05. The first-order valence-corrected chi connectivity index (χ1v) is 6.98. The maximum atomic E-state index is 4.23. The molecule has 0 saturated carbocycles. The van der Waals surface area contributed by atoms with E-state index in [0.717, 1.165) is 5.52 Å². The standard InChI is InChI=1S/C19H14N2/c1-2-6-15(7-3-1)16-8-4-9-17(12-16)18-10-5-11-21-14-20-13-19(18)21/h1-14H. The molecule has 0 saturated heterocycles. The van der Waals surface area contributed by atoms with E-state index in [0.29, 0.717) is 0 Å². The van der Waals surface area contributed by atoms with Crippen molar-refractivity contribution < 1.29 is 0 Å². The highest BCUT2D eigenvalue weighted by atomic mass is 15.0. The molecule has 2 heteroatoms. The number of imidazole rings is 1. The van der Waals surface area contributed by atoms with Crippen molar-refractivity contribution in [1.82, 2.24) is 9.38 Å². The van der Waals surface area contributed by atoms with E-state index in [1.807, 2.05) is 29.2 Å². The van der Waals surface area contributed by atoms with Crippen molar-refractivity contribution in [1.29, 1.82) is 0 Å². The molecule has 2 heterocycles. The maximum absolute atomic E-state index is 4.23. The van der Waals surface area contributed by atoms with E-state index in [9.17, 15) is 0 Å². The molecule has 0 atom stereocenters. The smallest absolute Gasteiger partial charge is 0.0992 e. The fraction of sp³-hybridized carbons (Fsp3) is 0. The van der Waals surface area contributed by atoms with Gasteiger partial charge < -0.3 is 4.40 Å². The van der Waals surface area contributed by atoms with Crippen LogP contribution in [0.5, 0.6) is 0 Å². The van der Waals surface area contributed by atoms with Gasteiger partial charge in [-0.15, -0.1) is 0 Å². The van der Waals surface area contributed by atoms with Gasteiger partial charge in [0.25, 0.3) is 0 Å². The van der Waals surface area contributed by atoms with Gasteiger partial charge in [-0.3, -0.25) is 0 Å². The lowest BCUT2D eigenvalue weighted by molar-refractivity contribution is 1.15. The minimum absolute atomic E-state index is 1.13. The minimum atomic E-state index is 1.13. The summed E-state index contributed by atoms with van der Waals surface area (Å²) < 4.78 is 2.05. The van der Waals surface area contributed by atoms with Crippen LogP contribution in [0.25, 0.3) is 27.8 Å². The van der Waals surface area contributed by atoms with Crippen LogP contribution in [0.4, 0.5) is 0 Å². The van der Waals surface area contributed by atoms with Crippen LogP contribution < -0.4 is 0 Å². The van der Waals surface area contributed by atoms with Gasteiger partial charge in [0.1, 0.15) is 0 Å². The molecule has 4 aromatic rings. The highest BCUT2D eigenvalue weighted by Crippen LogP contribution is 2.28. The molecule has 0 aliphatic rings. The Kier molecular flexibility index (Phi) is 2.79. The zero-order valence-electron chi connectivity index (χ0n) is 11.5. The van der Waals surface area contributed by atoms with Crippen LogP contribution in [0, 0.1) is 0 Å². The normalized spacial score (nSPS) is 10.9. The quantitative estimate of drug-likeness (QED) is 0.517. The van der Waals surface area contributed by atoms with Crippen LogP contribution in [-0.2, 0) is 0 Å². The van der Waals surface area contributed by atoms with Gasteiger partial charge in [0, 0.05) is 11.8 Å². The Balaban J connectivity index is 1.88. The Morgan fingerprint density at radius 3 is 2.43 bits per heavy atom. The van der Waals surface area contributed by atoms with E-state index < -0.39 is 0 Å². The van der Waals surface area contributed by atoms with Crippen LogP contribution in [-0.4, -0.2) is 9.38 Å². The first kappa shape index (κ1) is 11.9. The van der Waals surface area contributed by atoms with E-state index in [1.165, 1.54) is 22.3 Å². The van der Waals surface area contributed by atoms with Crippen molar-refractivity contribution in [2.24, 2.45) is 0 Å². The summed E-state index contributed by atoms with van der Waals surface area (Å²) in [5, 5.41) is 0. The highest BCUT2D eigenvalue weighted by Gasteiger charge is 2.05. The second-order valence-electron chi connectivity index (χ2n) is 5.05. The first-order valence-electron chi connectivity index (χ1n) is 6.98. The topological polar surface area (TPSA) is 17.3 Å². The number of fused-ring (bicyclic) bond motifs is 1. The molecular formula is C19H14N2. The van der Waals surface area contributed by atoms with Gasteiger partial charge in [-0.25, -0.2) is 4.98 Å². The third-order valence-electron chi connectivity index (χ3n) is 3.73. The molecule has 0 unspecified atom stereocenters. The van der Waals surface area contributed by atoms with Crippen molar-refractivity contribution in [2.75, 3.05) is 0 Å². The summed E-state index contributed by atoms with van der Waals surface area (Å²) in [6, 6.07) is 23.3. The summed E-state index contributed by atoms with van der Waals surface area (Å²) in [4.78, 5) is 4.23. The third kappa shape index (κ3) is 2.11. The molecule has 0 aliphatic carbocycles. The summed E-state index contributed by atoms with van der Waals surface area (Å²) in [7, 11) is 0. The zero-order chi connectivity index (χ0) is 14.1. The zero-order valence-corrected chi connectivity index (χ0v) is 11.5. The molecule has 100 valence electrons. The Morgan fingerprint density at radius 1 is 0.714 bits per heavy atom. The average Bonchev–Trinajstić information content (AvgIpc) is 3.04. The van der Waals surface area contributed by atoms with Crippen molar-refractivity contribution in [2.45, 2.75) is 0 Å². The Hall–Kier alpha value is -2.87. The molecule has 0 N–H and O–H groups in total. The summed E-state index contributed by atoms with van der Waals surface area (Å²) in [5.74, 6) is 0. The number of rotatable bonds is 2. The van der Waals surface area contributed by atoms with Crippen molar-refractivity contribution in [3.05, 3.63) is 85.5 Å². The monoisotopic (exact) mass is 270 g/mol. The van der Waals surface area contributed by atoms with E-state index in [-0.39, 0.29) is 0 Å². The van der Waals surface area contributed by atoms with Gasteiger partial charge in [0.05, 0.1) is 18.0 Å². The number of benzene rings is 2. The predicted molar refractivity (Wildman–Crippen MR) is 86.1 cm³/mol. The molecule has 0 fully saturated rings. The van der Waals surface area contributed by atoms with E-state index in [2.05, 4.69) is 65.6 Å². The van der Waals surface area contributed by atoms with Crippen LogP contribution in [0.2, 0.25) is 0 Å². The van der Waals surface area contributed by atoms with Crippen LogP contribution in [0.3, 0.4) is 0 Å². The third-order valence-corrected chi connectivity index (χ3v) is 3.73. The molecular weight excluding hydrogens is 256 g/mol. The summed E-state index contributed by atoms with van der Waals surface area (Å²) >= 11 is 0. The van der Waals surface area contributed by atoms with Gasteiger partial charge in [-0.1, -0.05) is 54.6 Å². The van der Waals surface area contributed by atoms with Crippen molar-refractivity contribution >= 4 is 5.52 Å². The molecule has 0 aliphatic heterocycles. The molecule has 0 spiro atoms. The van der Waals surface area contributed by atoms with Gasteiger partial charge in [0.15, 0.2) is 0 Å². The molecule has 0 bridgehead atoms. The largest absolute Gasteiger partial charge is 0.306 e. The molecule has 0 radical (unpaired) electrons. The lowest BCUT2D eigenvalue weighted by atomic mass is 9.99. The van der Waals surface area contributed by atoms with Gasteiger partial charge in [-0.05, 0) is 28.8 Å². The predicted octanol–water partition coefficient (Wildman–Crippen LogP) is 4.67. The Bertz CT molecular complexity index is 892. The Labute approximate surface area is 123 Å². The fourth-order valence-electron chi connectivity index (χ4n) is 2.69. The summed E-state index contributed by atoms with van der Waals surface area (Å²) in [5.41, 5.74) is 6.01. The highest BCUT2D eigenvalue weighted by molar-refractivity contribution is 5.82. The molecule has 0 amide bonds. The molecule has 4 rings (SSSR count). The van der Waals surface area contributed by atoms with E-state index in [4.69, 9.17) is 0 Å². The lowest BCUT2D eigenvalue weighted by Crippen LogP contribution is -1.86. The molecule has 2 aromatic heterocycles. The van der Waals surface area contributed by atoms with Crippen LogP contribution in [0.1, 0.15) is 0 Å².